The topological polar surface area (TPSA) is 41.1 Å². The zero-order valence-corrected chi connectivity index (χ0v) is 12.3. The Labute approximate surface area is 114 Å². The molecule has 2 heterocycles. The average molecular weight is 266 g/mol. The van der Waals surface area contributed by atoms with Crippen LogP contribution >= 0.6 is 11.8 Å². The summed E-state index contributed by atoms with van der Waals surface area (Å²) < 4.78 is 0. The third-order valence-electron chi connectivity index (χ3n) is 3.02. The summed E-state index contributed by atoms with van der Waals surface area (Å²) in [6, 6.07) is 0. The molecule has 1 aliphatic heterocycles. The van der Waals surface area contributed by atoms with E-state index >= 15 is 0 Å². The molecule has 18 heavy (non-hydrogen) atoms. The fraction of sp³-hybridized carbons (Fsp3) is 0.692. The SMILES string of the molecule is CCCNc1ncc(C)c(N2CCSC(C)C2)n1. The second kappa shape index (κ2) is 6.27. The van der Waals surface area contributed by atoms with Crippen molar-refractivity contribution in [1.82, 2.24) is 9.97 Å². The lowest BCUT2D eigenvalue weighted by molar-refractivity contribution is 0.764. The first-order valence-electron chi connectivity index (χ1n) is 6.64. The fourth-order valence-electron chi connectivity index (χ4n) is 2.09. The highest BCUT2D eigenvalue weighted by Crippen LogP contribution is 2.25. The van der Waals surface area contributed by atoms with E-state index in [-0.39, 0.29) is 0 Å². The largest absolute Gasteiger partial charge is 0.354 e. The van der Waals surface area contributed by atoms with Gasteiger partial charge in [0, 0.05) is 42.4 Å². The first kappa shape index (κ1) is 13.5. The summed E-state index contributed by atoms with van der Waals surface area (Å²) in [5, 5.41) is 3.94. The molecule has 1 aromatic rings. The van der Waals surface area contributed by atoms with E-state index < -0.39 is 0 Å². The van der Waals surface area contributed by atoms with E-state index in [1.54, 1.807) is 0 Å². The molecule has 1 aliphatic rings. The predicted octanol–water partition coefficient (Wildman–Crippen LogP) is 2.55. The Balaban J connectivity index is 2.14. The minimum absolute atomic E-state index is 0.681. The first-order chi connectivity index (χ1) is 8.70. The van der Waals surface area contributed by atoms with Crippen LogP contribution in [0.25, 0.3) is 0 Å². The van der Waals surface area contributed by atoms with Crippen molar-refractivity contribution in [3.63, 3.8) is 0 Å². The maximum Gasteiger partial charge on any atom is 0.224 e. The summed E-state index contributed by atoms with van der Waals surface area (Å²) in [6.07, 6.45) is 3.01. The number of hydrogen-bond donors (Lipinski definition) is 1. The Bertz CT molecular complexity index is 397. The molecule has 1 aromatic heterocycles. The third-order valence-corrected chi connectivity index (χ3v) is 4.16. The molecule has 0 saturated carbocycles. The minimum Gasteiger partial charge on any atom is -0.354 e. The van der Waals surface area contributed by atoms with Gasteiger partial charge in [-0.05, 0) is 13.3 Å². The number of hydrogen-bond acceptors (Lipinski definition) is 5. The van der Waals surface area contributed by atoms with Crippen molar-refractivity contribution in [3.8, 4) is 0 Å². The number of thioether (sulfide) groups is 1. The summed E-state index contributed by atoms with van der Waals surface area (Å²) in [5.74, 6) is 3.03. The monoisotopic (exact) mass is 266 g/mol. The Morgan fingerprint density at radius 3 is 3.11 bits per heavy atom. The van der Waals surface area contributed by atoms with Gasteiger partial charge in [-0.15, -0.1) is 0 Å². The number of anilines is 2. The van der Waals surface area contributed by atoms with E-state index in [2.05, 4.69) is 41.0 Å². The van der Waals surface area contributed by atoms with Gasteiger partial charge in [-0.25, -0.2) is 4.98 Å². The van der Waals surface area contributed by atoms with E-state index in [1.807, 2.05) is 18.0 Å². The van der Waals surface area contributed by atoms with Crippen molar-refractivity contribution in [3.05, 3.63) is 11.8 Å². The van der Waals surface area contributed by atoms with Gasteiger partial charge in [0.2, 0.25) is 5.95 Å². The Morgan fingerprint density at radius 1 is 1.56 bits per heavy atom. The third kappa shape index (κ3) is 3.28. The number of aromatic nitrogens is 2. The van der Waals surface area contributed by atoms with Gasteiger partial charge < -0.3 is 10.2 Å². The van der Waals surface area contributed by atoms with Crippen LogP contribution in [0.1, 0.15) is 25.8 Å². The van der Waals surface area contributed by atoms with E-state index in [0.29, 0.717) is 5.25 Å². The molecule has 5 heteroatoms. The average Bonchev–Trinajstić information content (AvgIpc) is 2.38. The van der Waals surface area contributed by atoms with Crippen LogP contribution in [0, 0.1) is 6.92 Å². The van der Waals surface area contributed by atoms with Gasteiger partial charge in [-0.1, -0.05) is 13.8 Å². The van der Waals surface area contributed by atoms with E-state index in [0.717, 1.165) is 43.4 Å². The van der Waals surface area contributed by atoms with Crippen LogP contribution in [-0.2, 0) is 0 Å². The molecule has 2 rings (SSSR count). The lowest BCUT2D eigenvalue weighted by atomic mass is 10.3. The zero-order chi connectivity index (χ0) is 13.0. The van der Waals surface area contributed by atoms with Crippen molar-refractivity contribution in [1.29, 1.82) is 0 Å². The molecule has 0 spiro atoms. The molecule has 1 N–H and O–H groups in total. The van der Waals surface area contributed by atoms with Gasteiger partial charge in [0.25, 0.3) is 0 Å². The van der Waals surface area contributed by atoms with Crippen LogP contribution in [0.5, 0.6) is 0 Å². The molecule has 0 amide bonds. The summed E-state index contributed by atoms with van der Waals surface area (Å²) in [6.45, 7) is 9.60. The van der Waals surface area contributed by atoms with Crippen molar-refractivity contribution < 1.29 is 0 Å². The van der Waals surface area contributed by atoms with Gasteiger partial charge >= 0.3 is 0 Å². The smallest absolute Gasteiger partial charge is 0.224 e. The number of rotatable bonds is 4. The summed E-state index contributed by atoms with van der Waals surface area (Å²) in [4.78, 5) is 11.4. The first-order valence-corrected chi connectivity index (χ1v) is 7.69. The van der Waals surface area contributed by atoms with Gasteiger partial charge in [0.15, 0.2) is 0 Å². The fourth-order valence-corrected chi connectivity index (χ4v) is 3.10. The van der Waals surface area contributed by atoms with Crippen LogP contribution in [0.3, 0.4) is 0 Å². The predicted molar refractivity (Wildman–Crippen MR) is 79.7 cm³/mol. The van der Waals surface area contributed by atoms with Gasteiger partial charge in [-0.3, -0.25) is 0 Å². The highest BCUT2D eigenvalue weighted by molar-refractivity contribution is 8.00. The molecule has 0 aromatic carbocycles. The molecule has 4 nitrogen and oxygen atoms in total. The maximum absolute atomic E-state index is 4.66. The van der Waals surface area contributed by atoms with Crippen molar-refractivity contribution in [2.75, 3.05) is 35.6 Å². The van der Waals surface area contributed by atoms with Crippen molar-refractivity contribution in [2.45, 2.75) is 32.4 Å². The number of nitrogens with one attached hydrogen (secondary N) is 1. The zero-order valence-electron chi connectivity index (χ0n) is 11.4. The Kier molecular flexibility index (Phi) is 4.69. The lowest BCUT2D eigenvalue weighted by Gasteiger charge is -2.32. The lowest BCUT2D eigenvalue weighted by Crippen LogP contribution is -2.37. The van der Waals surface area contributed by atoms with Crippen LogP contribution in [0.2, 0.25) is 0 Å². The summed E-state index contributed by atoms with van der Waals surface area (Å²) >= 11 is 2.04. The second-order valence-electron chi connectivity index (χ2n) is 4.75. The normalized spacial score (nSPS) is 19.9. The molecule has 100 valence electrons. The van der Waals surface area contributed by atoms with Gasteiger partial charge in [0.1, 0.15) is 5.82 Å². The molecular weight excluding hydrogens is 244 g/mol. The molecule has 0 aliphatic carbocycles. The standard InChI is InChI=1S/C13H22N4S/c1-4-5-14-13-15-8-10(2)12(16-13)17-6-7-18-11(3)9-17/h8,11H,4-7,9H2,1-3H3,(H,14,15,16). The van der Waals surface area contributed by atoms with Gasteiger partial charge in [-0.2, -0.15) is 16.7 Å². The molecule has 1 fully saturated rings. The second-order valence-corrected chi connectivity index (χ2v) is 6.30. The van der Waals surface area contributed by atoms with E-state index in [4.69, 9.17) is 0 Å². The van der Waals surface area contributed by atoms with E-state index in [1.165, 1.54) is 5.75 Å². The summed E-state index contributed by atoms with van der Waals surface area (Å²) in [7, 11) is 0. The molecule has 1 atom stereocenters. The van der Waals surface area contributed by atoms with Gasteiger partial charge in [0.05, 0.1) is 0 Å². The highest BCUT2D eigenvalue weighted by atomic mass is 32.2. The van der Waals surface area contributed by atoms with Crippen LogP contribution in [0.15, 0.2) is 6.20 Å². The van der Waals surface area contributed by atoms with E-state index in [9.17, 15) is 0 Å². The molecule has 1 saturated heterocycles. The summed E-state index contributed by atoms with van der Waals surface area (Å²) in [5.41, 5.74) is 1.16. The Hall–Kier alpha value is -0.970. The van der Waals surface area contributed by atoms with Crippen LogP contribution in [0.4, 0.5) is 11.8 Å². The Morgan fingerprint density at radius 2 is 2.39 bits per heavy atom. The van der Waals surface area contributed by atoms with Crippen LogP contribution < -0.4 is 10.2 Å². The quantitative estimate of drug-likeness (QED) is 0.907. The molecule has 0 radical (unpaired) electrons. The number of nitrogens with zero attached hydrogens (tertiary/aromatic N) is 3. The minimum atomic E-state index is 0.681. The van der Waals surface area contributed by atoms with Crippen LogP contribution in [-0.4, -0.2) is 40.6 Å². The molecular formula is C13H22N4S. The van der Waals surface area contributed by atoms with Crippen molar-refractivity contribution >= 4 is 23.5 Å². The molecule has 0 bridgehead atoms. The highest BCUT2D eigenvalue weighted by Gasteiger charge is 2.19. The van der Waals surface area contributed by atoms with Crippen molar-refractivity contribution in [2.24, 2.45) is 0 Å². The maximum atomic E-state index is 4.66. The molecule has 1 unspecified atom stereocenters. The number of aryl methyl sites for hydroxylation is 1.